The van der Waals surface area contributed by atoms with Gasteiger partial charge in [0.25, 0.3) is 11.5 Å². The zero-order valence-electron chi connectivity index (χ0n) is 15.7. The van der Waals surface area contributed by atoms with Crippen LogP contribution in [0.5, 0.6) is 0 Å². The minimum absolute atomic E-state index is 0.103. The molecule has 0 amide bonds. The van der Waals surface area contributed by atoms with E-state index < -0.39 is 44.5 Å². The number of nitrogens with one attached hydrogen (secondary N) is 2. The molecule has 164 valence electrons. The molecule has 2 aromatic rings. The normalized spacial score (nSPS) is 25.9. The van der Waals surface area contributed by atoms with Crippen LogP contribution in [0.4, 0.5) is 5.95 Å². The molecule has 0 aromatic carbocycles. The van der Waals surface area contributed by atoms with Gasteiger partial charge in [0.05, 0.1) is 13.7 Å². The molecule has 3 rings (SSSR count). The summed E-state index contributed by atoms with van der Waals surface area (Å²) in [5.41, 5.74) is 13.5. The highest BCUT2D eigenvalue weighted by Crippen LogP contribution is 2.34. The molecule has 1 aliphatic rings. The molecule has 30 heavy (non-hydrogen) atoms. The first-order chi connectivity index (χ1) is 14.1. The maximum atomic E-state index is 12.1. The number of H-pyrrole nitrogens is 1. The van der Waals surface area contributed by atoms with Crippen LogP contribution in [0.25, 0.3) is 21.6 Å². The lowest BCUT2D eigenvalue weighted by molar-refractivity contribution is -0.745. The highest BCUT2D eigenvalue weighted by Gasteiger charge is 2.47. The van der Waals surface area contributed by atoms with E-state index in [0.29, 0.717) is 0 Å². The number of nitrogens with zero attached hydrogens (tertiary/aromatic N) is 6. The van der Waals surface area contributed by atoms with E-state index in [9.17, 15) is 24.5 Å². The second-order valence-corrected chi connectivity index (χ2v) is 8.03. The van der Waals surface area contributed by atoms with Crippen molar-refractivity contribution in [3.05, 3.63) is 27.1 Å². The average Bonchev–Trinajstić information content (AvgIpc) is 3.14. The Bertz CT molecular complexity index is 1080. The number of hydrogen-bond acceptors (Lipinski definition) is 10. The number of aromatic amines is 1. The SMILES string of the molecule is Cn1c[n+]([C@@H]2O[C@H](COP(=O)([O-])NCCN=[N+]=[N-])C(O)[C@@H]2O)c2nc(N)[nH]c(=O)c21. The van der Waals surface area contributed by atoms with Crippen molar-refractivity contribution in [3.63, 3.8) is 0 Å². The topological polar surface area (TPSA) is 240 Å². The Morgan fingerprint density at radius 1 is 1.60 bits per heavy atom. The molecular weight excluding hydrogens is 425 g/mol. The van der Waals surface area contributed by atoms with Gasteiger partial charge in [-0.2, -0.15) is 0 Å². The third-order valence-corrected chi connectivity index (χ3v) is 5.49. The number of aromatic nitrogens is 4. The minimum atomic E-state index is -4.51. The molecule has 0 bridgehead atoms. The highest BCUT2D eigenvalue weighted by atomic mass is 31.2. The van der Waals surface area contributed by atoms with Gasteiger partial charge in [-0.1, -0.05) is 10.1 Å². The van der Waals surface area contributed by atoms with Crippen molar-refractivity contribution >= 4 is 24.9 Å². The van der Waals surface area contributed by atoms with Crippen LogP contribution in [0, 0.1) is 0 Å². The van der Waals surface area contributed by atoms with Crippen LogP contribution >= 0.6 is 7.75 Å². The predicted molar refractivity (Wildman–Crippen MR) is 97.4 cm³/mol. The molecule has 0 aliphatic carbocycles. The monoisotopic (exact) mass is 445 g/mol. The molecular formula is C13H20N9O7P. The van der Waals surface area contributed by atoms with Crippen LogP contribution in [0.1, 0.15) is 6.23 Å². The quantitative estimate of drug-likeness (QED) is 0.0694. The summed E-state index contributed by atoms with van der Waals surface area (Å²) in [7, 11) is -2.94. The zero-order chi connectivity index (χ0) is 22.1. The number of aliphatic hydroxyl groups is 2. The fourth-order valence-electron chi connectivity index (χ4n) is 3.05. The van der Waals surface area contributed by atoms with Gasteiger partial charge in [0, 0.05) is 18.0 Å². The van der Waals surface area contributed by atoms with E-state index in [0.717, 1.165) is 0 Å². The van der Waals surface area contributed by atoms with Crippen molar-refractivity contribution < 1.29 is 33.5 Å². The van der Waals surface area contributed by atoms with E-state index in [2.05, 4.69) is 25.1 Å². The first kappa shape index (κ1) is 22.1. The van der Waals surface area contributed by atoms with Gasteiger partial charge in [0.2, 0.25) is 19.5 Å². The van der Waals surface area contributed by atoms with Crippen molar-refractivity contribution in [1.82, 2.24) is 19.6 Å². The van der Waals surface area contributed by atoms with Gasteiger partial charge in [-0.15, -0.1) is 0 Å². The van der Waals surface area contributed by atoms with E-state index in [4.69, 9.17) is 20.5 Å². The van der Waals surface area contributed by atoms with Gasteiger partial charge in [0.1, 0.15) is 18.3 Å². The standard InChI is InChI=1S/C13H20N9O7P/c1-21-5-22(10-7(21)11(25)19-13(14)18-10)12-9(24)8(23)6(29-12)4-28-30(26,27)17-3-2-16-20-15/h5-6,8-9,12,23-24H,2-4H2,1H3,(H4-,14,17,18,19,25,26,27)/t6-,8?,9+,12-/m1/s1. The Morgan fingerprint density at radius 2 is 2.33 bits per heavy atom. The van der Waals surface area contributed by atoms with Gasteiger partial charge >= 0.3 is 5.65 Å². The number of anilines is 1. The number of imidazole rings is 1. The molecule has 1 fully saturated rings. The smallest absolute Gasteiger partial charge is 0.313 e. The Kier molecular flexibility index (Phi) is 6.40. The van der Waals surface area contributed by atoms with Gasteiger partial charge in [0.15, 0.2) is 6.33 Å². The average molecular weight is 445 g/mol. The summed E-state index contributed by atoms with van der Waals surface area (Å²) >= 11 is 0. The maximum absolute atomic E-state index is 12.1. The van der Waals surface area contributed by atoms with Gasteiger partial charge in [-0.05, 0) is 5.53 Å². The number of azide groups is 1. The van der Waals surface area contributed by atoms with Crippen LogP contribution in [-0.2, 0) is 20.9 Å². The largest absolute Gasteiger partial charge is 0.766 e. The van der Waals surface area contributed by atoms with Crippen molar-refractivity contribution in [3.8, 4) is 0 Å². The van der Waals surface area contributed by atoms with Crippen molar-refractivity contribution in [2.45, 2.75) is 24.5 Å². The second-order valence-electron chi connectivity index (χ2n) is 6.46. The Morgan fingerprint density at radius 3 is 3.03 bits per heavy atom. The molecule has 3 heterocycles. The van der Waals surface area contributed by atoms with Gasteiger partial charge < -0.3 is 30.1 Å². The zero-order valence-corrected chi connectivity index (χ0v) is 16.5. The predicted octanol–water partition coefficient (Wildman–Crippen LogP) is -2.86. The number of rotatable bonds is 8. The summed E-state index contributed by atoms with van der Waals surface area (Å²) in [4.78, 5) is 32.8. The first-order valence-electron chi connectivity index (χ1n) is 8.63. The molecule has 17 heteroatoms. The number of aryl methyl sites for hydroxylation is 1. The highest BCUT2D eigenvalue weighted by molar-refractivity contribution is 7.49. The number of aliphatic hydroxyl groups excluding tert-OH is 2. The minimum Gasteiger partial charge on any atom is -0.766 e. The Labute approximate surface area is 168 Å². The first-order valence-corrected chi connectivity index (χ1v) is 10.2. The van der Waals surface area contributed by atoms with Crippen LogP contribution in [0.15, 0.2) is 16.2 Å². The Balaban J connectivity index is 1.75. The number of hydrogen-bond donors (Lipinski definition) is 5. The molecule has 16 nitrogen and oxygen atoms in total. The number of nitrogen functional groups attached to an aromatic ring is 1. The lowest BCUT2D eigenvalue weighted by atomic mass is 10.1. The maximum Gasteiger partial charge on any atom is 0.313 e. The third kappa shape index (κ3) is 4.45. The molecule has 2 aromatic heterocycles. The van der Waals surface area contributed by atoms with Crippen LogP contribution < -0.4 is 25.8 Å². The van der Waals surface area contributed by atoms with Crippen molar-refractivity contribution in [1.29, 1.82) is 0 Å². The van der Waals surface area contributed by atoms with E-state index in [-0.39, 0.29) is 30.2 Å². The summed E-state index contributed by atoms with van der Waals surface area (Å²) < 4.78 is 24.9. The van der Waals surface area contributed by atoms with Gasteiger partial charge in [-0.25, -0.2) is 4.57 Å². The lowest BCUT2D eigenvalue weighted by Crippen LogP contribution is -2.46. The summed E-state index contributed by atoms with van der Waals surface area (Å²) in [6.45, 7) is -0.869. The lowest BCUT2D eigenvalue weighted by Gasteiger charge is -2.25. The fourth-order valence-corrected chi connectivity index (χ4v) is 3.86. The van der Waals surface area contributed by atoms with Crippen LogP contribution in [0.3, 0.4) is 0 Å². The van der Waals surface area contributed by atoms with E-state index >= 15 is 0 Å². The molecule has 2 unspecified atom stereocenters. The summed E-state index contributed by atoms with van der Waals surface area (Å²) in [5.74, 6) is -0.153. The van der Waals surface area contributed by atoms with Crippen LogP contribution in [0.2, 0.25) is 0 Å². The van der Waals surface area contributed by atoms with Crippen molar-refractivity contribution in [2.24, 2.45) is 12.2 Å². The van der Waals surface area contributed by atoms with Gasteiger partial charge in [-0.3, -0.25) is 24.0 Å². The molecule has 1 aliphatic heterocycles. The van der Waals surface area contributed by atoms with E-state index in [1.807, 2.05) is 0 Å². The molecule has 0 saturated carbocycles. The summed E-state index contributed by atoms with van der Waals surface area (Å²) in [6.07, 6.45) is -3.92. The number of ether oxygens (including phenoxy) is 1. The van der Waals surface area contributed by atoms with E-state index in [1.165, 1.54) is 15.5 Å². The third-order valence-electron chi connectivity index (χ3n) is 4.39. The van der Waals surface area contributed by atoms with Crippen LogP contribution in [-0.4, -0.2) is 62.8 Å². The molecule has 5 atom stereocenters. The van der Waals surface area contributed by atoms with Crippen molar-refractivity contribution in [2.75, 3.05) is 25.4 Å². The summed E-state index contributed by atoms with van der Waals surface area (Å²) in [6, 6.07) is 0. The molecule has 1 saturated heterocycles. The van der Waals surface area contributed by atoms with E-state index in [1.54, 1.807) is 7.05 Å². The molecule has 6 N–H and O–H groups in total. The number of nitrogens with two attached hydrogens (primary N) is 1. The fraction of sp³-hybridized carbons (Fsp3) is 0.615. The number of fused-ring (bicyclic) bond motifs is 1. The molecule has 0 radical (unpaired) electrons. The Hall–Kier alpha value is -2.55. The summed E-state index contributed by atoms with van der Waals surface area (Å²) in [5, 5.41) is 25.9. The second kappa shape index (κ2) is 8.67. The molecule has 0 spiro atoms.